The fourth-order valence-corrected chi connectivity index (χ4v) is 4.07. The first kappa shape index (κ1) is 20.2. The van der Waals surface area contributed by atoms with Crippen molar-refractivity contribution in [3.63, 3.8) is 0 Å². The summed E-state index contributed by atoms with van der Waals surface area (Å²) in [6.07, 6.45) is 5.97. The molecule has 0 radical (unpaired) electrons. The number of carbonyl (C=O) groups is 1. The topological polar surface area (TPSA) is 70.7 Å². The van der Waals surface area contributed by atoms with Gasteiger partial charge in [-0.25, -0.2) is 0 Å². The summed E-state index contributed by atoms with van der Waals surface area (Å²) in [5, 5.41) is 5.71. The molecule has 5 rings (SSSR count). The third-order valence-electron chi connectivity index (χ3n) is 5.50. The summed E-state index contributed by atoms with van der Waals surface area (Å²) in [5.41, 5.74) is 6.63. The van der Waals surface area contributed by atoms with Crippen LogP contribution >= 0.6 is 11.6 Å². The summed E-state index contributed by atoms with van der Waals surface area (Å²) in [7, 11) is 0. The molecule has 0 spiro atoms. The van der Waals surface area contributed by atoms with Crippen LogP contribution in [-0.4, -0.2) is 20.9 Å². The molecule has 5 aromatic rings. The fourth-order valence-electron chi connectivity index (χ4n) is 3.85. The van der Waals surface area contributed by atoms with E-state index in [1.54, 1.807) is 18.5 Å². The van der Waals surface area contributed by atoms with Gasteiger partial charge in [-0.2, -0.15) is 0 Å². The minimum Gasteiger partial charge on any atom is -0.360 e. The second kappa shape index (κ2) is 8.44. The van der Waals surface area contributed by atoms with Crippen LogP contribution in [-0.2, 0) is 13.0 Å². The van der Waals surface area contributed by atoms with Gasteiger partial charge in [-0.15, -0.1) is 0 Å². The second-order valence-electron chi connectivity index (χ2n) is 7.95. The first-order valence-electron chi connectivity index (χ1n) is 10.4. The number of hydrogen-bond donors (Lipinski definition) is 2. The van der Waals surface area contributed by atoms with Crippen LogP contribution in [0.5, 0.6) is 0 Å². The molecule has 0 atom stereocenters. The summed E-state index contributed by atoms with van der Waals surface area (Å²) in [5.74, 6) is -0.132. The van der Waals surface area contributed by atoms with Gasteiger partial charge in [-0.05, 0) is 66.1 Å². The van der Waals surface area contributed by atoms with Crippen LogP contribution in [0.2, 0.25) is 5.02 Å². The van der Waals surface area contributed by atoms with Gasteiger partial charge in [0, 0.05) is 59.1 Å². The van der Waals surface area contributed by atoms with Crippen LogP contribution in [0.15, 0.2) is 73.2 Å². The predicted molar refractivity (Wildman–Crippen MR) is 128 cm³/mol. The summed E-state index contributed by atoms with van der Waals surface area (Å²) in [6.45, 7) is 2.46. The molecule has 6 heteroatoms. The van der Waals surface area contributed by atoms with Crippen molar-refractivity contribution in [3.05, 3.63) is 106 Å². The molecule has 158 valence electrons. The first-order valence-corrected chi connectivity index (χ1v) is 10.8. The first-order chi connectivity index (χ1) is 15.5. The molecule has 0 saturated heterocycles. The predicted octanol–water partition coefficient (Wildman–Crippen LogP) is 5.59. The van der Waals surface area contributed by atoms with Crippen LogP contribution in [0.1, 0.15) is 32.7 Å². The number of amides is 1. The number of benzene rings is 2. The number of pyridine rings is 2. The standard InChI is InChI=1S/C26H21ClN4O/c1-16-8-20-9-17(2-4-24(20)29-13-16)10-21-12-19(6-7-28-21)26(32)31-14-18-3-5-25-22(11-18)23(27)15-30-25/h2-9,11-13,15,30H,10,14H2,1H3,(H,31,32). The monoisotopic (exact) mass is 440 g/mol. The van der Waals surface area contributed by atoms with Crippen molar-refractivity contribution in [2.75, 3.05) is 0 Å². The Bertz CT molecular complexity index is 1460. The van der Waals surface area contributed by atoms with Gasteiger partial charge in [0.1, 0.15) is 0 Å². The lowest BCUT2D eigenvalue weighted by Gasteiger charge is -2.08. The Morgan fingerprint density at radius 1 is 1.03 bits per heavy atom. The Balaban J connectivity index is 1.29. The van der Waals surface area contributed by atoms with Crippen molar-refractivity contribution in [3.8, 4) is 0 Å². The van der Waals surface area contributed by atoms with Crippen molar-refractivity contribution >= 4 is 39.3 Å². The lowest BCUT2D eigenvalue weighted by atomic mass is 10.0. The van der Waals surface area contributed by atoms with Crippen molar-refractivity contribution in [1.29, 1.82) is 0 Å². The Labute approximate surface area is 190 Å². The summed E-state index contributed by atoms with van der Waals surface area (Å²) in [4.78, 5) is 24.8. The highest BCUT2D eigenvalue weighted by molar-refractivity contribution is 6.35. The van der Waals surface area contributed by atoms with Gasteiger partial charge >= 0.3 is 0 Å². The van der Waals surface area contributed by atoms with Gasteiger partial charge in [0.2, 0.25) is 0 Å². The highest BCUT2D eigenvalue weighted by atomic mass is 35.5. The number of nitrogens with one attached hydrogen (secondary N) is 2. The number of rotatable bonds is 5. The van der Waals surface area contributed by atoms with E-state index < -0.39 is 0 Å². The highest BCUT2D eigenvalue weighted by Gasteiger charge is 2.09. The largest absolute Gasteiger partial charge is 0.360 e. The summed E-state index contributed by atoms with van der Waals surface area (Å²) in [6, 6.07) is 17.8. The minimum atomic E-state index is -0.132. The normalized spacial score (nSPS) is 11.2. The van der Waals surface area contributed by atoms with Crippen LogP contribution in [0.3, 0.4) is 0 Å². The molecule has 32 heavy (non-hydrogen) atoms. The molecule has 0 unspecified atom stereocenters. The number of aryl methyl sites for hydroxylation is 1. The van der Waals surface area contributed by atoms with E-state index in [0.29, 0.717) is 23.6 Å². The lowest BCUT2D eigenvalue weighted by Crippen LogP contribution is -2.23. The average Bonchev–Trinajstić information content (AvgIpc) is 3.17. The maximum atomic E-state index is 12.7. The molecule has 3 aromatic heterocycles. The Morgan fingerprint density at radius 2 is 1.91 bits per heavy atom. The number of halogens is 1. The molecule has 2 aromatic carbocycles. The van der Waals surface area contributed by atoms with E-state index in [9.17, 15) is 4.79 Å². The van der Waals surface area contributed by atoms with E-state index in [4.69, 9.17) is 11.6 Å². The Hall–Kier alpha value is -3.70. The number of carbonyl (C=O) groups excluding carboxylic acids is 1. The molecule has 0 bridgehead atoms. The number of nitrogens with zero attached hydrogens (tertiary/aromatic N) is 2. The van der Waals surface area contributed by atoms with E-state index in [0.717, 1.165) is 44.2 Å². The molecule has 0 fully saturated rings. The summed E-state index contributed by atoms with van der Waals surface area (Å²) < 4.78 is 0. The van der Waals surface area contributed by atoms with Crippen LogP contribution < -0.4 is 5.32 Å². The average molecular weight is 441 g/mol. The molecule has 0 saturated carbocycles. The molecule has 1 amide bonds. The van der Waals surface area contributed by atoms with Crippen LogP contribution in [0.4, 0.5) is 0 Å². The molecule has 0 aliphatic carbocycles. The minimum absolute atomic E-state index is 0.132. The zero-order valence-corrected chi connectivity index (χ0v) is 18.3. The number of H-pyrrole nitrogens is 1. The van der Waals surface area contributed by atoms with E-state index >= 15 is 0 Å². The Morgan fingerprint density at radius 3 is 2.81 bits per heavy atom. The van der Waals surface area contributed by atoms with Crippen LogP contribution in [0, 0.1) is 6.92 Å². The zero-order chi connectivity index (χ0) is 22.1. The van der Waals surface area contributed by atoms with E-state index in [1.165, 1.54) is 0 Å². The summed E-state index contributed by atoms with van der Waals surface area (Å²) >= 11 is 6.20. The quantitative estimate of drug-likeness (QED) is 0.374. The highest BCUT2D eigenvalue weighted by Crippen LogP contribution is 2.24. The van der Waals surface area contributed by atoms with E-state index in [-0.39, 0.29) is 5.91 Å². The molecule has 0 aliphatic heterocycles. The van der Waals surface area contributed by atoms with Crippen molar-refractivity contribution in [2.24, 2.45) is 0 Å². The molecule has 3 heterocycles. The maximum absolute atomic E-state index is 12.7. The SMILES string of the molecule is Cc1cnc2ccc(Cc3cc(C(=O)NCc4ccc5[nH]cc(Cl)c5c4)ccn3)cc2c1. The Kier molecular flexibility index (Phi) is 5.33. The molecule has 2 N–H and O–H groups in total. The van der Waals surface area contributed by atoms with Gasteiger partial charge in [-0.1, -0.05) is 23.7 Å². The number of aromatic nitrogens is 3. The van der Waals surface area contributed by atoms with Crippen molar-refractivity contribution < 1.29 is 4.79 Å². The lowest BCUT2D eigenvalue weighted by molar-refractivity contribution is 0.0950. The van der Waals surface area contributed by atoms with E-state index in [1.807, 2.05) is 43.5 Å². The van der Waals surface area contributed by atoms with Gasteiger partial charge in [0.15, 0.2) is 0 Å². The molecular formula is C26H21ClN4O. The van der Waals surface area contributed by atoms with Gasteiger partial charge in [0.25, 0.3) is 5.91 Å². The molecule has 5 nitrogen and oxygen atoms in total. The van der Waals surface area contributed by atoms with Gasteiger partial charge < -0.3 is 10.3 Å². The number of aromatic amines is 1. The van der Waals surface area contributed by atoms with Crippen LogP contribution in [0.25, 0.3) is 21.8 Å². The third-order valence-corrected chi connectivity index (χ3v) is 5.81. The number of hydrogen-bond acceptors (Lipinski definition) is 3. The van der Waals surface area contributed by atoms with Gasteiger partial charge in [-0.3, -0.25) is 14.8 Å². The number of fused-ring (bicyclic) bond motifs is 2. The maximum Gasteiger partial charge on any atom is 0.251 e. The molecular weight excluding hydrogens is 420 g/mol. The molecule has 0 aliphatic rings. The smallest absolute Gasteiger partial charge is 0.251 e. The van der Waals surface area contributed by atoms with Crippen molar-refractivity contribution in [1.82, 2.24) is 20.3 Å². The van der Waals surface area contributed by atoms with Crippen molar-refractivity contribution in [2.45, 2.75) is 19.9 Å². The second-order valence-corrected chi connectivity index (χ2v) is 8.36. The zero-order valence-electron chi connectivity index (χ0n) is 17.5. The fraction of sp³-hybridized carbons (Fsp3) is 0.115. The van der Waals surface area contributed by atoms with E-state index in [2.05, 4.69) is 38.5 Å². The van der Waals surface area contributed by atoms with Gasteiger partial charge in [0.05, 0.1) is 10.5 Å². The third kappa shape index (κ3) is 4.20.